The Bertz CT molecular complexity index is 1670. The number of nitriles is 1. The number of esters is 1. The first kappa shape index (κ1) is 30.6. The SMILES string of the molecule is COC(=O)COc1cc(CC2COc3c(-c4ccc(F)cc4C)cc(CN4C=CN(C)C4=BOC#N)cc3C2O)ccc1F. The van der Waals surface area contributed by atoms with Crippen molar-refractivity contribution >= 4 is 18.8 Å². The van der Waals surface area contributed by atoms with Gasteiger partial charge in [0, 0.05) is 0 Å². The van der Waals surface area contributed by atoms with Crippen LogP contribution in [0.5, 0.6) is 11.5 Å². The molecule has 0 saturated carbocycles. The molecule has 2 heterocycles. The molecule has 0 spiro atoms. The van der Waals surface area contributed by atoms with Crippen LogP contribution in [0.3, 0.4) is 0 Å². The first-order valence-electron chi connectivity index (χ1n) is 13.8. The number of hydrogen-bond donors (Lipinski definition) is 1. The van der Waals surface area contributed by atoms with Crippen LogP contribution >= 0.6 is 0 Å². The van der Waals surface area contributed by atoms with Crippen molar-refractivity contribution in [2.75, 3.05) is 27.4 Å². The van der Waals surface area contributed by atoms with E-state index < -0.39 is 30.4 Å². The fraction of sp³-hybridized carbons (Fsp3) is 0.281. The maximum absolute atomic E-state index is 14.4. The third kappa shape index (κ3) is 6.53. The van der Waals surface area contributed by atoms with Crippen LogP contribution in [0.2, 0.25) is 0 Å². The van der Waals surface area contributed by atoms with E-state index in [4.69, 9.17) is 19.4 Å². The van der Waals surface area contributed by atoms with E-state index in [9.17, 15) is 18.7 Å². The fourth-order valence-corrected chi connectivity index (χ4v) is 5.40. The van der Waals surface area contributed by atoms with E-state index in [0.29, 0.717) is 46.7 Å². The van der Waals surface area contributed by atoms with Gasteiger partial charge in [0.05, 0.1) is 7.11 Å². The number of fused-ring (bicyclic) bond motifs is 1. The minimum absolute atomic E-state index is 0.0938. The quantitative estimate of drug-likeness (QED) is 0.220. The fourth-order valence-electron chi connectivity index (χ4n) is 5.40. The third-order valence-electron chi connectivity index (χ3n) is 7.63. The molecule has 0 aromatic heterocycles. The Morgan fingerprint density at radius 3 is 2.70 bits per heavy atom. The number of aryl methyl sites for hydroxylation is 1. The summed E-state index contributed by atoms with van der Waals surface area (Å²) in [6.45, 7) is 1.92. The van der Waals surface area contributed by atoms with Crippen molar-refractivity contribution in [3.8, 4) is 28.9 Å². The second-order valence-corrected chi connectivity index (χ2v) is 10.6. The van der Waals surface area contributed by atoms with Crippen molar-refractivity contribution in [3.05, 3.63) is 94.8 Å². The van der Waals surface area contributed by atoms with Gasteiger partial charge in [0.15, 0.2) is 12.4 Å². The predicted molar refractivity (Wildman–Crippen MR) is 158 cm³/mol. The van der Waals surface area contributed by atoms with Crippen LogP contribution in [0, 0.1) is 36.0 Å². The summed E-state index contributed by atoms with van der Waals surface area (Å²) in [6, 6.07) is 12.7. The van der Waals surface area contributed by atoms with Crippen LogP contribution in [0.4, 0.5) is 8.78 Å². The number of carbonyl (C=O) groups is 1. The number of aliphatic hydroxyl groups is 1. The number of carbonyl (C=O) groups excluding carboxylic acids is 1. The van der Waals surface area contributed by atoms with Crippen molar-refractivity contribution in [2.24, 2.45) is 5.92 Å². The monoisotopic (exact) mass is 601 g/mol. The molecule has 0 saturated heterocycles. The molecule has 0 aliphatic carbocycles. The van der Waals surface area contributed by atoms with Gasteiger partial charge in [0.2, 0.25) is 0 Å². The molecule has 2 unspecified atom stereocenters. The van der Waals surface area contributed by atoms with E-state index >= 15 is 0 Å². The minimum atomic E-state index is -0.948. The molecule has 1 N–H and O–H groups in total. The Morgan fingerprint density at radius 1 is 1.14 bits per heavy atom. The zero-order chi connectivity index (χ0) is 31.4. The van der Waals surface area contributed by atoms with Crippen LogP contribution in [-0.4, -0.2) is 61.1 Å². The van der Waals surface area contributed by atoms with E-state index in [1.807, 2.05) is 43.4 Å². The van der Waals surface area contributed by atoms with Crippen LogP contribution in [-0.2, 0) is 27.2 Å². The molecule has 2 atom stereocenters. The van der Waals surface area contributed by atoms with Gasteiger partial charge < -0.3 is 9.47 Å². The molecule has 226 valence electrons. The van der Waals surface area contributed by atoms with Crippen molar-refractivity contribution < 1.29 is 37.5 Å². The average Bonchev–Trinajstić information content (AvgIpc) is 3.35. The predicted octanol–water partition coefficient (Wildman–Crippen LogP) is 4.20. The van der Waals surface area contributed by atoms with E-state index in [0.717, 1.165) is 11.1 Å². The van der Waals surface area contributed by atoms with Gasteiger partial charge in [0.1, 0.15) is 0 Å². The van der Waals surface area contributed by atoms with E-state index in [-0.39, 0.29) is 18.2 Å². The summed E-state index contributed by atoms with van der Waals surface area (Å²) in [5.74, 6) is -1.60. The zero-order valence-electron chi connectivity index (χ0n) is 24.4. The molecule has 0 fully saturated rings. The van der Waals surface area contributed by atoms with Gasteiger partial charge in [-0.15, -0.1) is 0 Å². The Balaban J connectivity index is 1.48. The Morgan fingerprint density at radius 2 is 1.95 bits per heavy atom. The van der Waals surface area contributed by atoms with Crippen LogP contribution in [0.15, 0.2) is 60.9 Å². The summed E-state index contributed by atoms with van der Waals surface area (Å²) >= 11 is 0. The van der Waals surface area contributed by atoms with Crippen LogP contribution in [0.1, 0.15) is 28.4 Å². The number of ether oxygens (including phenoxy) is 3. The number of aliphatic hydroxyl groups excluding tert-OH is 1. The first-order chi connectivity index (χ1) is 21.2. The first-order valence-corrected chi connectivity index (χ1v) is 13.8. The zero-order valence-corrected chi connectivity index (χ0v) is 24.4. The number of halogens is 2. The third-order valence-corrected chi connectivity index (χ3v) is 7.63. The van der Waals surface area contributed by atoms with E-state index in [2.05, 4.69) is 4.74 Å². The minimum Gasteiger partial charge on any atom is -0.203 e. The molecule has 3 aromatic carbocycles. The summed E-state index contributed by atoms with van der Waals surface area (Å²) < 4.78 is 49.4. The summed E-state index contributed by atoms with van der Waals surface area (Å²) in [5, 5.41) is 20.6. The molecule has 3 aromatic rings. The van der Waals surface area contributed by atoms with E-state index in [1.54, 1.807) is 23.3 Å². The van der Waals surface area contributed by atoms with Crippen LogP contribution in [0.25, 0.3) is 11.1 Å². The standard InChI is InChI=1S/C32H30BF2N3O6/c1-19-10-23(34)5-6-24(19)25-12-21(15-38-9-8-37(2)32(38)33-44-18-36)13-26-30(40)22(16-43-31(25)26)11-20-4-7-27(35)28(14-20)42-17-29(39)41-3/h4-10,12-14,22,30,40H,11,15-17H2,1-3H3. The summed E-state index contributed by atoms with van der Waals surface area (Å²) in [7, 11) is 4.39. The molecule has 0 radical (unpaired) electrons. The van der Waals surface area contributed by atoms with Crippen LogP contribution < -0.4 is 9.47 Å². The Hall–Kier alpha value is -4.89. The van der Waals surface area contributed by atoms with Gasteiger partial charge >= 0.3 is 216 Å². The molecule has 0 bridgehead atoms. The molecule has 12 heteroatoms. The molecule has 5 rings (SSSR count). The summed E-state index contributed by atoms with van der Waals surface area (Å²) in [4.78, 5) is 15.2. The molecule has 2 aliphatic heterocycles. The van der Waals surface area contributed by atoms with Gasteiger partial charge in [-0.2, -0.15) is 0 Å². The number of nitrogens with zero attached hydrogens (tertiary/aromatic N) is 3. The number of methoxy groups -OCH3 is 1. The smallest absolute Gasteiger partial charge is 0.203 e. The van der Waals surface area contributed by atoms with Gasteiger partial charge in [0.25, 0.3) is 0 Å². The topological polar surface area (TPSA) is 104 Å². The summed E-state index contributed by atoms with van der Waals surface area (Å²) in [6.07, 6.45) is 4.71. The molecule has 44 heavy (non-hydrogen) atoms. The molecule has 9 nitrogen and oxygen atoms in total. The number of hydrogen-bond acceptors (Lipinski definition) is 9. The number of rotatable bonds is 9. The van der Waals surface area contributed by atoms with Crippen molar-refractivity contribution in [1.82, 2.24) is 9.80 Å². The molecular formula is C32H30BF2N3O6. The van der Waals surface area contributed by atoms with Crippen molar-refractivity contribution in [3.63, 3.8) is 0 Å². The van der Waals surface area contributed by atoms with Gasteiger partial charge in [-0.3, -0.25) is 0 Å². The molecule has 0 amide bonds. The average molecular weight is 601 g/mol. The van der Waals surface area contributed by atoms with E-state index in [1.165, 1.54) is 38.5 Å². The van der Waals surface area contributed by atoms with Gasteiger partial charge in [-0.1, -0.05) is 0 Å². The number of benzene rings is 3. The maximum atomic E-state index is 14.4. The van der Waals surface area contributed by atoms with Crippen molar-refractivity contribution in [1.29, 1.82) is 5.26 Å². The summed E-state index contributed by atoms with van der Waals surface area (Å²) in [5.41, 5.74) is 4.90. The second-order valence-electron chi connectivity index (χ2n) is 10.6. The molecule has 2 aliphatic rings. The second kappa shape index (κ2) is 13.2. The van der Waals surface area contributed by atoms with Gasteiger partial charge in [-0.05, 0) is 0 Å². The Labute approximate surface area is 254 Å². The normalized spacial score (nSPS) is 17.9. The molecular weight excluding hydrogens is 571 g/mol. The van der Waals surface area contributed by atoms with Gasteiger partial charge in [-0.25, -0.2) is 9.18 Å². The Kier molecular flexibility index (Phi) is 9.16. The van der Waals surface area contributed by atoms with Crippen molar-refractivity contribution in [2.45, 2.75) is 26.0 Å².